The van der Waals surface area contributed by atoms with E-state index in [1.807, 2.05) is 7.05 Å². The van der Waals surface area contributed by atoms with Gasteiger partial charge in [0.1, 0.15) is 0 Å². The highest BCUT2D eigenvalue weighted by Crippen LogP contribution is 2.22. The van der Waals surface area contributed by atoms with Crippen molar-refractivity contribution >= 4 is 23.3 Å². The molecule has 126 valence electrons. The number of amidine groups is 1. The molecule has 2 N–H and O–H groups in total. The fourth-order valence-electron chi connectivity index (χ4n) is 2.82. The molecule has 1 aromatic carbocycles. The van der Waals surface area contributed by atoms with E-state index >= 15 is 0 Å². The average Bonchev–Trinajstić information content (AvgIpc) is 2.58. The summed E-state index contributed by atoms with van der Waals surface area (Å²) in [6.45, 7) is 1.69. The second kappa shape index (κ2) is 8.20. The van der Waals surface area contributed by atoms with Gasteiger partial charge in [0, 0.05) is 23.7 Å². The number of amides is 1. The summed E-state index contributed by atoms with van der Waals surface area (Å²) < 4.78 is 0. The quantitative estimate of drug-likeness (QED) is 0.510. The van der Waals surface area contributed by atoms with Gasteiger partial charge in [-0.2, -0.15) is 0 Å². The summed E-state index contributed by atoms with van der Waals surface area (Å²) in [4.78, 5) is 19.5. The SMILES string of the molecule is CC(O/N=C(/N)c1cccc(Cl)c1)C(=O)N(C)C1CCCCC1. The number of nitrogens with two attached hydrogens (primary N) is 1. The maximum atomic E-state index is 12.4. The summed E-state index contributed by atoms with van der Waals surface area (Å²) in [5.41, 5.74) is 6.54. The summed E-state index contributed by atoms with van der Waals surface area (Å²) in [5.74, 6) is 0.131. The predicted octanol–water partition coefficient (Wildman–Crippen LogP) is 3.16. The van der Waals surface area contributed by atoms with Crippen molar-refractivity contribution in [2.75, 3.05) is 7.05 Å². The van der Waals surface area contributed by atoms with Crippen LogP contribution in [-0.4, -0.2) is 35.8 Å². The van der Waals surface area contributed by atoms with Crippen LogP contribution in [0.5, 0.6) is 0 Å². The topological polar surface area (TPSA) is 67.9 Å². The molecule has 1 aromatic rings. The molecule has 0 saturated heterocycles. The van der Waals surface area contributed by atoms with Crippen LogP contribution in [0.15, 0.2) is 29.4 Å². The van der Waals surface area contributed by atoms with Crippen LogP contribution in [0.3, 0.4) is 0 Å². The number of hydrogen-bond acceptors (Lipinski definition) is 3. The lowest BCUT2D eigenvalue weighted by atomic mass is 9.94. The molecule has 0 aromatic heterocycles. The van der Waals surface area contributed by atoms with Gasteiger partial charge in [-0.25, -0.2) is 0 Å². The van der Waals surface area contributed by atoms with E-state index in [1.165, 1.54) is 19.3 Å². The van der Waals surface area contributed by atoms with Crippen LogP contribution < -0.4 is 5.73 Å². The lowest BCUT2D eigenvalue weighted by Gasteiger charge is -2.32. The van der Waals surface area contributed by atoms with Crippen molar-refractivity contribution in [3.05, 3.63) is 34.9 Å². The van der Waals surface area contributed by atoms with Gasteiger partial charge in [-0.3, -0.25) is 4.79 Å². The molecule has 23 heavy (non-hydrogen) atoms. The van der Waals surface area contributed by atoms with Crippen molar-refractivity contribution in [2.45, 2.75) is 51.2 Å². The van der Waals surface area contributed by atoms with Crippen LogP contribution in [0.2, 0.25) is 5.02 Å². The molecule has 0 spiro atoms. The molecule has 0 radical (unpaired) electrons. The molecule has 1 amide bonds. The summed E-state index contributed by atoms with van der Waals surface area (Å²) in [5, 5.41) is 4.44. The monoisotopic (exact) mass is 337 g/mol. The Labute approximate surface area is 142 Å². The van der Waals surface area contributed by atoms with Gasteiger partial charge < -0.3 is 15.5 Å². The maximum Gasteiger partial charge on any atom is 0.266 e. The van der Waals surface area contributed by atoms with Crippen LogP contribution in [0.4, 0.5) is 0 Å². The zero-order valence-electron chi connectivity index (χ0n) is 13.7. The van der Waals surface area contributed by atoms with Crippen LogP contribution in [0, 0.1) is 0 Å². The summed E-state index contributed by atoms with van der Waals surface area (Å²) in [6, 6.07) is 7.33. The molecule has 0 bridgehead atoms. The van der Waals surface area contributed by atoms with Gasteiger partial charge in [0.25, 0.3) is 5.91 Å². The van der Waals surface area contributed by atoms with E-state index in [4.69, 9.17) is 22.2 Å². The smallest absolute Gasteiger partial charge is 0.266 e. The first kappa shape index (κ1) is 17.6. The van der Waals surface area contributed by atoms with E-state index in [0.717, 1.165) is 12.8 Å². The Morgan fingerprint density at radius 3 is 2.74 bits per heavy atom. The molecular formula is C17H24ClN3O2. The zero-order chi connectivity index (χ0) is 16.8. The molecule has 1 fully saturated rings. The standard InChI is InChI=1S/C17H24ClN3O2/c1-12(17(22)21(2)15-9-4-3-5-10-15)23-20-16(19)13-7-6-8-14(18)11-13/h6-8,11-12,15H,3-5,9-10H2,1-2H3,(H2,19,20). The highest BCUT2D eigenvalue weighted by Gasteiger charge is 2.26. The molecule has 0 heterocycles. The molecule has 6 heteroatoms. The van der Waals surface area contributed by atoms with E-state index < -0.39 is 6.10 Å². The first-order valence-electron chi connectivity index (χ1n) is 8.01. The predicted molar refractivity (Wildman–Crippen MR) is 92.4 cm³/mol. The van der Waals surface area contributed by atoms with Gasteiger partial charge in [-0.15, -0.1) is 0 Å². The summed E-state index contributed by atoms with van der Waals surface area (Å²) in [7, 11) is 1.84. The van der Waals surface area contributed by atoms with E-state index in [9.17, 15) is 4.79 Å². The minimum Gasteiger partial charge on any atom is -0.381 e. The number of oxime groups is 1. The zero-order valence-corrected chi connectivity index (χ0v) is 14.4. The molecule has 1 aliphatic rings. The van der Waals surface area contributed by atoms with Crippen LogP contribution in [0.25, 0.3) is 0 Å². The fourth-order valence-corrected chi connectivity index (χ4v) is 3.01. The minimum absolute atomic E-state index is 0.0699. The molecule has 5 nitrogen and oxygen atoms in total. The number of carbonyl (C=O) groups excluding carboxylic acids is 1. The van der Waals surface area contributed by atoms with Crippen molar-refractivity contribution in [1.29, 1.82) is 0 Å². The maximum absolute atomic E-state index is 12.4. The number of rotatable bonds is 5. The minimum atomic E-state index is -0.667. The number of hydrogen-bond donors (Lipinski definition) is 1. The number of likely N-dealkylation sites (N-methyl/N-ethyl adjacent to an activating group) is 1. The molecule has 1 unspecified atom stereocenters. The highest BCUT2D eigenvalue weighted by atomic mass is 35.5. The van der Waals surface area contributed by atoms with E-state index in [1.54, 1.807) is 36.1 Å². The van der Waals surface area contributed by atoms with Gasteiger partial charge in [0.15, 0.2) is 5.84 Å². The van der Waals surface area contributed by atoms with Crippen LogP contribution in [0.1, 0.15) is 44.6 Å². The second-order valence-corrected chi connectivity index (χ2v) is 6.41. The fraction of sp³-hybridized carbons (Fsp3) is 0.529. The molecule has 1 saturated carbocycles. The Bertz CT molecular complexity index is 571. The van der Waals surface area contributed by atoms with Gasteiger partial charge in [0.05, 0.1) is 0 Å². The molecule has 2 rings (SSSR count). The van der Waals surface area contributed by atoms with Crippen molar-refractivity contribution in [3.63, 3.8) is 0 Å². The molecule has 0 aliphatic heterocycles. The van der Waals surface area contributed by atoms with Crippen LogP contribution in [-0.2, 0) is 9.63 Å². The summed E-state index contributed by atoms with van der Waals surface area (Å²) >= 11 is 5.92. The van der Waals surface area contributed by atoms with Crippen molar-refractivity contribution < 1.29 is 9.63 Å². The molecule has 1 aliphatic carbocycles. The van der Waals surface area contributed by atoms with Crippen LogP contribution >= 0.6 is 11.6 Å². The second-order valence-electron chi connectivity index (χ2n) is 5.98. The average molecular weight is 338 g/mol. The Balaban J connectivity index is 1.93. The lowest BCUT2D eigenvalue weighted by Crippen LogP contribution is -2.43. The first-order chi connectivity index (χ1) is 11.0. The number of benzene rings is 1. The molecular weight excluding hydrogens is 314 g/mol. The van der Waals surface area contributed by atoms with Gasteiger partial charge in [-0.05, 0) is 31.9 Å². The molecule has 1 atom stereocenters. The van der Waals surface area contributed by atoms with Gasteiger partial charge in [-0.1, -0.05) is 48.2 Å². The van der Waals surface area contributed by atoms with E-state index in [2.05, 4.69) is 5.16 Å². The van der Waals surface area contributed by atoms with Gasteiger partial charge >= 0.3 is 0 Å². The highest BCUT2D eigenvalue weighted by molar-refractivity contribution is 6.31. The van der Waals surface area contributed by atoms with Gasteiger partial charge in [0.2, 0.25) is 6.10 Å². The van der Waals surface area contributed by atoms with Crippen molar-refractivity contribution in [1.82, 2.24) is 4.90 Å². The number of carbonyl (C=O) groups is 1. The largest absolute Gasteiger partial charge is 0.381 e. The Morgan fingerprint density at radius 2 is 2.09 bits per heavy atom. The van der Waals surface area contributed by atoms with Crippen molar-refractivity contribution in [2.24, 2.45) is 10.9 Å². The third kappa shape index (κ3) is 4.86. The van der Waals surface area contributed by atoms with E-state index in [0.29, 0.717) is 16.6 Å². The lowest BCUT2D eigenvalue weighted by molar-refractivity contribution is -0.144. The van der Waals surface area contributed by atoms with Crippen molar-refractivity contribution in [3.8, 4) is 0 Å². The summed E-state index contributed by atoms with van der Waals surface area (Å²) in [6.07, 6.45) is 5.06. The third-order valence-electron chi connectivity index (χ3n) is 4.25. The Morgan fingerprint density at radius 1 is 1.39 bits per heavy atom. The normalized spacial score (nSPS) is 17.6. The Kier molecular flexibility index (Phi) is 6.28. The third-order valence-corrected chi connectivity index (χ3v) is 4.48. The number of nitrogens with zero attached hydrogens (tertiary/aromatic N) is 2. The van der Waals surface area contributed by atoms with E-state index in [-0.39, 0.29) is 11.7 Å². The Hall–Kier alpha value is -1.75. The first-order valence-corrected chi connectivity index (χ1v) is 8.38. The number of halogens is 1.